The fourth-order valence-corrected chi connectivity index (χ4v) is 1.11. The summed E-state index contributed by atoms with van der Waals surface area (Å²) in [6, 6.07) is 1.49. The van der Waals surface area contributed by atoms with E-state index in [2.05, 4.69) is 16.2 Å². The second-order valence-electron chi connectivity index (χ2n) is 3.02. The Morgan fingerprint density at radius 2 is 2.43 bits per heavy atom. The summed E-state index contributed by atoms with van der Waals surface area (Å²) in [6.45, 7) is 2.55. The molecule has 0 aromatic carbocycles. The largest absolute Gasteiger partial charge is 0.300 e. The Labute approximate surface area is 83.6 Å². The summed E-state index contributed by atoms with van der Waals surface area (Å²) in [5, 5.41) is 3.12. The van der Waals surface area contributed by atoms with Crippen molar-refractivity contribution >= 4 is 0 Å². The van der Waals surface area contributed by atoms with Gasteiger partial charge in [0.2, 0.25) is 0 Å². The first-order valence-electron chi connectivity index (χ1n) is 4.55. The smallest absolute Gasteiger partial charge is 0.141 e. The molecule has 0 aliphatic carbocycles. The van der Waals surface area contributed by atoms with Gasteiger partial charge in [-0.1, -0.05) is 12.8 Å². The van der Waals surface area contributed by atoms with E-state index < -0.39 is 0 Å². The molecule has 14 heavy (non-hydrogen) atoms. The van der Waals surface area contributed by atoms with E-state index in [1.807, 2.05) is 6.92 Å². The molecule has 74 valence electrons. The van der Waals surface area contributed by atoms with Crippen molar-refractivity contribution in [2.45, 2.75) is 25.9 Å². The molecule has 1 heterocycles. The van der Waals surface area contributed by atoms with E-state index in [1.54, 1.807) is 6.20 Å². The maximum absolute atomic E-state index is 12.7. The molecule has 1 rings (SSSR count). The van der Waals surface area contributed by atoms with Crippen LogP contribution in [0.2, 0.25) is 0 Å². The summed E-state index contributed by atoms with van der Waals surface area (Å²) in [5.41, 5.74) is 0.804. The van der Waals surface area contributed by atoms with Gasteiger partial charge in [-0.2, -0.15) is 0 Å². The molecule has 0 spiro atoms. The molecule has 0 fully saturated rings. The van der Waals surface area contributed by atoms with Gasteiger partial charge in [-0.3, -0.25) is 10.3 Å². The Kier molecular flexibility index (Phi) is 4.09. The Morgan fingerprint density at radius 1 is 1.64 bits per heavy atom. The SMILES string of the molecule is C#CC(CC)NCc1cncc(F)c1. The zero-order chi connectivity index (χ0) is 10.4. The van der Waals surface area contributed by atoms with Crippen LogP contribution in [0, 0.1) is 18.2 Å². The maximum Gasteiger partial charge on any atom is 0.141 e. The van der Waals surface area contributed by atoms with Gasteiger partial charge in [-0.25, -0.2) is 4.39 Å². The van der Waals surface area contributed by atoms with Crippen LogP contribution in [0.15, 0.2) is 18.5 Å². The van der Waals surface area contributed by atoms with Gasteiger partial charge in [0.1, 0.15) is 5.82 Å². The van der Waals surface area contributed by atoms with E-state index >= 15 is 0 Å². The number of pyridine rings is 1. The Hall–Kier alpha value is -1.40. The number of nitrogens with one attached hydrogen (secondary N) is 1. The minimum absolute atomic E-state index is 0.0401. The average Bonchev–Trinajstić information content (AvgIpc) is 2.19. The first-order chi connectivity index (χ1) is 6.76. The van der Waals surface area contributed by atoms with E-state index in [0.29, 0.717) is 6.54 Å². The van der Waals surface area contributed by atoms with Crippen LogP contribution in [0.3, 0.4) is 0 Å². The number of aromatic nitrogens is 1. The fourth-order valence-electron chi connectivity index (χ4n) is 1.11. The highest BCUT2D eigenvalue weighted by atomic mass is 19.1. The lowest BCUT2D eigenvalue weighted by Crippen LogP contribution is -2.26. The number of hydrogen-bond acceptors (Lipinski definition) is 2. The average molecular weight is 192 g/mol. The summed E-state index contributed by atoms with van der Waals surface area (Å²) in [4.78, 5) is 3.75. The summed E-state index contributed by atoms with van der Waals surface area (Å²) in [5.74, 6) is 2.29. The van der Waals surface area contributed by atoms with Gasteiger partial charge in [0.25, 0.3) is 0 Å². The molecule has 0 aliphatic heterocycles. The predicted octanol–water partition coefficient (Wildman–Crippen LogP) is 1.72. The third-order valence-electron chi connectivity index (χ3n) is 1.92. The highest BCUT2D eigenvalue weighted by Gasteiger charge is 2.01. The van der Waals surface area contributed by atoms with Crippen LogP contribution in [-0.4, -0.2) is 11.0 Å². The summed E-state index contributed by atoms with van der Waals surface area (Å²) in [6.07, 6.45) is 8.94. The zero-order valence-electron chi connectivity index (χ0n) is 8.13. The zero-order valence-corrected chi connectivity index (χ0v) is 8.13. The molecule has 0 radical (unpaired) electrons. The van der Waals surface area contributed by atoms with Crippen molar-refractivity contribution < 1.29 is 4.39 Å². The number of hydrogen-bond donors (Lipinski definition) is 1. The molecule has 0 aliphatic rings. The summed E-state index contributed by atoms with van der Waals surface area (Å²) >= 11 is 0. The summed E-state index contributed by atoms with van der Waals surface area (Å²) < 4.78 is 12.7. The van der Waals surface area contributed by atoms with E-state index in [0.717, 1.165) is 12.0 Å². The second kappa shape index (κ2) is 5.36. The van der Waals surface area contributed by atoms with Crippen molar-refractivity contribution in [3.63, 3.8) is 0 Å². The van der Waals surface area contributed by atoms with Crippen molar-refractivity contribution in [1.82, 2.24) is 10.3 Å². The van der Waals surface area contributed by atoms with Gasteiger partial charge in [-0.15, -0.1) is 6.42 Å². The van der Waals surface area contributed by atoms with E-state index in [9.17, 15) is 4.39 Å². The van der Waals surface area contributed by atoms with Gasteiger partial charge < -0.3 is 0 Å². The lowest BCUT2D eigenvalue weighted by atomic mass is 10.2. The number of halogens is 1. The molecule has 1 atom stereocenters. The Morgan fingerprint density at radius 3 is 3.00 bits per heavy atom. The van der Waals surface area contributed by atoms with Gasteiger partial charge in [0, 0.05) is 12.7 Å². The quantitative estimate of drug-likeness (QED) is 0.735. The molecule has 1 aromatic heterocycles. The molecule has 2 nitrogen and oxygen atoms in total. The van der Waals surface area contributed by atoms with Crippen molar-refractivity contribution in [3.05, 3.63) is 29.8 Å². The van der Waals surface area contributed by atoms with E-state index in [1.165, 1.54) is 12.3 Å². The molecule has 3 heteroatoms. The molecule has 0 amide bonds. The topological polar surface area (TPSA) is 24.9 Å². The van der Waals surface area contributed by atoms with Crippen LogP contribution in [0.4, 0.5) is 4.39 Å². The maximum atomic E-state index is 12.7. The van der Waals surface area contributed by atoms with Crippen LogP contribution in [-0.2, 0) is 6.54 Å². The van der Waals surface area contributed by atoms with Crippen LogP contribution in [0.25, 0.3) is 0 Å². The Bertz CT molecular complexity index is 330. The Balaban J connectivity index is 2.50. The first kappa shape index (κ1) is 10.7. The van der Waals surface area contributed by atoms with Crippen LogP contribution >= 0.6 is 0 Å². The van der Waals surface area contributed by atoms with Crippen molar-refractivity contribution in [2.75, 3.05) is 0 Å². The molecule has 0 saturated heterocycles. The third kappa shape index (κ3) is 3.15. The molecule has 1 N–H and O–H groups in total. The second-order valence-corrected chi connectivity index (χ2v) is 3.02. The van der Waals surface area contributed by atoms with Gasteiger partial charge >= 0.3 is 0 Å². The molecule has 0 saturated carbocycles. The number of nitrogens with zero attached hydrogens (tertiary/aromatic N) is 1. The standard InChI is InChI=1S/C11H13FN2/c1-3-11(4-2)14-7-9-5-10(12)8-13-6-9/h1,5-6,8,11,14H,4,7H2,2H3. The van der Waals surface area contributed by atoms with Gasteiger partial charge in [0.15, 0.2) is 0 Å². The van der Waals surface area contributed by atoms with Crippen LogP contribution in [0.5, 0.6) is 0 Å². The fraction of sp³-hybridized carbons (Fsp3) is 0.364. The van der Waals surface area contributed by atoms with Crippen molar-refractivity contribution in [2.24, 2.45) is 0 Å². The molecular weight excluding hydrogens is 179 g/mol. The highest BCUT2D eigenvalue weighted by Crippen LogP contribution is 2.01. The molecular formula is C11H13FN2. The van der Waals surface area contributed by atoms with Gasteiger partial charge in [0.05, 0.1) is 12.2 Å². The third-order valence-corrected chi connectivity index (χ3v) is 1.92. The lowest BCUT2D eigenvalue weighted by Gasteiger charge is -2.09. The predicted molar refractivity (Wildman–Crippen MR) is 53.9 cm³/mol. The normalized spacial score (nSPS) is 12.1. The number of terminal acetylenes is 1. The van der Waals surface area contributed by atoms with Crippen molar-refractivity contribution in [1.29, 1.82) is 0 Å². The van der Waals surface area contributed by atoms with Crippen LogP contribution < -0.4 is 5.32 Å². The minimum atomic E-state index is -0.321. The van der Waals surface area contributed by atoms with Crippen molar-refractivity contribution in [3.8, 4) is 12.3 Å². The molecule has 0 bridgehead atoms. The lowest BCUT2D eigenvalue weighted by molar-refractivity contribution is 0.581. The van der Waals surface area contributed by atoms with Crippen LogP contribution in [0.1, 0.15) is 18.9 Å². The van der Waals surface area contributed by atoms with E-state index in [4.69, 9.17) is 6.42 Å². The monoisotopic (exact) mass is 192 g/mol. The molecule has 1 unspecified atom stereocenters. The number of rotatable bonds is 4. The summed E-state index contributed by atoms with van der Waals surface area (Å²) in [7, 11) is 0. The van der Waals surface area contributed by atoms with Gasteiger partial charge in [-0.05, 0) is 18.1 Å². The first-order valence-corrected chi connectivity index (χ1v) is 4.55. The highest BCUT2D eigenvalue weighted by molar-refractivity contribution is 5.10. The molecule has 1 aromatic rings. The minimum Gasteiger partial charge on any atom is -0.300 e. The van der Waals surface area contributed by atoms with E-state index in [-0.39, 0.29) is 11.9 Å².